The molecule has 1 saturated heterocycles. The largest absolute Gasteiger partial charge is 0.480 e. The Balaban J connectivity index is 2.21. The maximum atomic E-state index is 11.9. The highest BCUT2D eigenvalue weighted by Crippen LogP contribution is 2.41. The molecule has 0 spiro atoms. The Bertz CT molecular complexity index is 285. The molecule has 1 aliphatic carbocycles. The minimum atomic E-state index is -0.581. The topological polar surface area (TPSA) is 40.5 Å². The Morgan fingerprint density at radius 2 is 1.56 bits per heavy atom. The van der Waals surface area contributed by atoms with E-state index in [0.29, 0.717) is 11.8 Å². The molecule has 0 amide bonds. The summed E-state index contributed by atoms with van der Waals surface area (Å²) in [4.78, 5) is 14.2. The lowest BCUT2D eigenvalue weighted by Gasteiger charge is -2.46. The van der Waals surface area contributed by atoms with Gasteiger partial charge in [0.25, 0.3) is 0 Å². The molecule has 0 aromatic rings. The van der Waals surface area contributed by atoms with Crippen molar-refractivity contribution in [2.45, 2.75) is 64.3 Å². The fourth-order valence-electron chi connectivity index (χ4n) is 4.16. The standard InChI is InChI=1S/C15H27NO2/c1-12-9-13(2)11-15(10-12,14(17)18)16-7-5-3-4-6-8-16/h12-13H,3-11H2,1-2H3,(H,17,18). The van der Waals surface area contributed by atoms with E-state index in [1.807, 2.05) is 0 Å². The molecule has 2 unspecified atom stereocenters. The van der Waals surface area contributed by atoms with Crippen LogP contribution < -0.4 is 0 Å². The summed E-state index contributed by atoms with van der Waals surface area (Å²) in [6, 6.07) is 0. The first-order chi connectivity index (χ1) is 8.54. The van der Waals surface area contributed by atoms with Gasteiger partial charge in [0.1, 0.15) is 5.54 Å². The molecule has 104 valence electrons. The van der Waals surface area contributed by atoms with Crippen LogP contribution in [0.2, 0.25) is 0 Å². The fraction of sp³-hybridized carbons (Fsp3) is 0.933. The van der Waals surface area contributed by atoms with Gasteiger partial charge in [0, 0.05) is 0 Å². The number of nitrogens with zero attached hydrogens (tertiary/aromatic N) is 1. The summed E-state index contributed by atoms with van der Waals surface area (Å²) in [5.41, 5.74) is -0.568. The number of carboxylic acid groups (broad SMARTS) is 1. The predicted molar refractivity (Wildman–Crippen MR) is 72.6 cm³/mol. The Hall–Kier alpha value is -0.570. The summed E-state index contributed by atoms with van der Waals surface area (Å²) in [7, 11) is 0. The van der Waals surface area contributed by atoms with Gasteiger partial charge in [-0.3, -0.25) is 9.69 Å². The summed E-state index contributed by atoms with van der Waals surface area (Å²) in [6.07, 6.45) is 7.71. The van der Waals surface area contributed by atoms with Gasteiger partial charge >= 0.3 is 5.97 Å². The van der Waals surface area contributed by atoms with E-state index in [1.54, 1.807) is 0 Å². The first-order valence-corrected chi connectivity index (χ1v) is 7.53. The van der Waals surface area contributed by atoms with Gasteiger partial charge in [-0.15, -0.1) is 0 Å². The minimum absolute atomic E-state index is 0.535. The fourth-order valence-corrected chi connectivity index (χ4v) is 4.16. The number of aliphatic carboxylic acids is 1. The molecule has 1 N–H and O–H groups in total. The summed E-state index contributed by atoms with van der Waals surface area (Å²) in [5.74, 6) is 0.490. The lowest BCUT2D eigenvalue weighted by Crippen LogP contribution is -2.58. The van der Waals surface area contributed by atoms with Crippen LogP contribution in [0.5, 0.6) is 0 Å². The van der Waals surface area contributed by atoms with Gasteiger partial charge in [0.05, 0.1) is 0 Å². The average Bonchev–Trinajstić information content (AvgIpc) is 2.55. The number of carboxylic acids is 1. The maximum Gasteiger partial charge on any atom is 0.324 e. The molecule has 1 aliphatic heterocycles. The molecule has 2 atom stereocenters. The molecule has 1 saturated carbocycles. The van der Waals surface area contributed by atoms with Crippen LogP contribution >= 0.6 is 0 Å². The Labute approximate surface area is 111 Å². The molecule has 2 fully saturated rings. The van der Waals surface area contributed by atoms with Crippen molar-refractivity contribution in [3.63, 3.8) is 0 Å². The number of likely N-dealkylation sites (tertiary alicyclic amines) is 1. The molecule has 2 aliphatic rings. The van der Waals surface area contributed by atoms with Gasteiger partial charge in [-0.1, -0.05) is 26.7 Å². The Kier molecular flexibility index (Phi) is 4.31. The quantitative estimate of drug-likeness (QED) is 0.822. The highest BCUT2D eigenvalue weighted by Gasteiger charge is 2.48. The maximum absolute atomic E-state index is 11.9. The summed E-state index contributed by atoms with van der Waals surface area (Å²) >= 11 is 0. The molecular weight excluding hydrogens is 226 g/mol. The lowest BCUT2D eigenvalue weighted by molar-refractivity contribution is -0.157. The smallest absolute Gasteiger partial charge is 0.324 e. The van der Waals surface area contributed by atoms with E-state index < -0.39 is 11.5 Å². The second kappa shape index (κ2) is 5.60. The van der Waals surface area contributed by atoms with Gasteiger partial charge in [-0.2, -0.15) is 0 Å². The van der Waals surface area contributed by atoms with Crippen LogP contribution in [0.25, 0.3) is 0 Å². The van der Waals surface area contributed by atoms with Crippen LogP contribution in [0.3, 0.4) is 0 Å². The molecule has 3 heteroatoms. The van der Waals surface area contributed by atoms with Crippen molar-refractivity contribution in [2.75, 3.05) is 13.1 Å². The van der Waals surface area contributed by atoms with Gasteiger partial charge in [-0.05, 0) is 57.0 Å². The second-order valence-electron chi connectivity index (χ2n) is 6.59. The van der Waals surface area contributed by atoms with Crippen LogP contribution in [0.1, 0.15) is 58.8 Å². The molecule has 2 rings (SSSR count). The zero-order chi connectivity index (χ0) is 13.2. The van der Waals surface area contributed by atoms with Crippen molar-refractivity contribution in [1.82, 2.24) is 4.90 Å². The van der Waals surface area contributed by atoms with Crippen LogP contribution in [-0.2, 0) is 4.79 Å². The predicted octanol–water partition coefficient (Wildman–Crippen LogP) is 3.14. The molecule has 0 aromatic carbocycles. The SMILES string of the molecule is CC1CC(C)CC(C(=O)O)(N2CCCCCC2)C1. The second-order valence-corrected chi connectivity index (χ2v) is 6.59. The zero-order valence-electron chi connectivity index (χ0n) is 11.8. The van der Waals surface area contributed by atoms with Gasteiger partial charge in [-0.25, -0.2) is 0 Å². The third kappa shape index (κ3) is 2.71. The first kappa shape index (κ1) is 13.9. The molecule has 0 aromatic heterocycles. The van der Waals surface area contributed by atoms with E-state index in [2.05, 4.69) is 18.7 Å². The van der Waals surface area contributed by atoms with Crippen molar-refractivity contribution in [1.29, 1.82) is 0 Å². The highest BCUT2D eigenvalue weighted by atomic mass is 16.4. The number of hydrogen-bond donors (Lipinski definition) is 1. The third-order valence-corrected chi connectivity index (χ3v) is 4.79. The van der Waals surface area contributed by atoms with Gasteiger partial charge in [0.2, 0.25) is 0 Å². The summed E-state index contributed by atoms with van der Waals surface area (Å²) < 4.78 is 0. The van der Waals surface area contributed by atoms with Crippen molar-refractivity contribution in [2.24, 2.45) is 11.8 Å². The molecule has 0 bridgehead atoms. The van der Waals surface area contributed by atoms with Gasteiger partial charge in [0.15, 0.2) is 0 Å². The molecule has 1 heterocycles. The summed E-state index contributed by atoms with van der Waals surface area (Å²) in [5, 5.41) is 9.83. The van der Waals surface area contributed by atoms with Crippen molar-refractivity contribution >= 4 is 5.97 Å². The number of carbonyl (C=O) groups is 1. The molecule has 3 nitrogen and oxygen atoms in total. The average molecular weight is 253 g/mol. The van der Waals surface area contributed by atoms with Crippen LogP contribution in [0.4, 0.5) is 0 Å². The lowest BCUT2D eigenvalue weighted by atomic mass is 9.70. The highest BCUT2D eigenvalue weighted by molar-refractivity contribution is 5.79. The Morgan fingerprint density at radius 1 is 1.06 bits per heavy atom. The van der Waals surface area contributed by atoms with E-state index in [0.717, 1.165) is 38.8 Å². The third-order valence-electron chi connectivity index (χ3n) is 4.79. The molecule has 18 heavy (non-hydrogen) atoms. The summed E-state index contributed by atoms with van der Waals surface area (Å²) in [6.45, 7) is 6.38. The Morgan fingerprint density at radius 3 is 2.00 bits per heavy atom. The zero-order valence-corrected chi connectivity index (χ0v) is 11.8. The normalized spacial score (nSPS) is 39.2. The molecular formula is C15H27NO2. The van der Waals surface area contributed by atoms with E-state index in [4.69, 9.17) is 0 Å². The van der Waals surface area contributed by atoms with Crippen molar-refractivity contribution < 1.29 is 9.90 Å². The van der Waals surface area contributed by atoms with Crippen molar-refractivity contribution in [3.05, 3.63) is 0 Å². The van der Waals surface area contributed by atoms with E-state index in [-0.39, 0.29) is 0 Å². The first-order valence-electron chi connectivity index (χ1n) is 7.53. The van der Waals surface area contributed by atoms with Gasteiger partial charge < -0.3 is 5.11 Å². The van der Waals surface area contributed by atoms with E-state index in [9.17, 15) is 9.90 Å². The van der Waals surface area contributed by atoms with E-state index >= 15 is 0 Å². The van der Waals surface area contributed by atoms with E-state index in [1.165, 1.54) is 19.3 Å². The van der Waals surface area contributed by atoms with Crippen LogP contribution in [-0.4, -0.2) is 34.6 Å². The minimum Gasteiger partial charge on any atom is -0.480 e. The number of hydrogen-bond acceptors (Lipinski definition) is 2. The monoisotopic (exact) mass is 253 g/mol. The number of rotatable bonds is 2. The van der Waals surface area contributed by atoms with Crippen LogP contribution in [0, 0.1) is 11.8 Å². The molecule has 0 radical (unpaired) electrons. The van der Waals surface area contributed by atoms with Crippen LogP contribution in [0.15, 0.2) is 0 Å². The van der Waals surface area contributed by atoms with Crippen molar-refractivity contribution in [3.8, 4) is 0 Å².